The fourth-order valence-electron chi connectivity index (χ4n) is 1.28. The van der Waals surface area contributed by atoms with E-state index in [-0.39, 0.29) is 5.97 Å². The van der Waals surface area contributed by atoms with Crippen LogP contribution in [0.1, 0.15) is 18.1 Å². The van der Waals surface area contributed by atoms with Crippen LogP contribution in [0.4, 0.5) is 0 Å². The van der Waals surface area contributed by atoms with Crippen molar-refractivity contribution in [2.45, 2.75) is 20.8 Å². The van der Waals surface area contributed by atoms with E-state index in [2.05, 4.69) is 32.0 Å². The molecule has 0 amide bonds. The Morgan fingerprint density at radius 2 is 1.71 bits per heavy atom. The van der Waals surface area contributed by atoms with Crippen molar-refractivity contribution in [3.8, 4) is 0 Å². The molecular weight excluding hydrogens is 291 g/mol. The van der Waals surface area contributed by atoms with Crippen LogP contribution in [0.15, 0.2) is 18.2 Å². The van der Waals surface area contributed by atoms with E-state index in [9.17, 15) is 4.79 Å². The number of hydrogen-bond donors (Lipinski definition) is 0. The molecule has 14 heavy (non-hydrogen) atoms. The predicted molar refractivity (Wildman–Crippen MR) is 66.3 cm³/mol. The van der Waals surface area contributed by atoms with Crippen LogP contribution in [0.2, 0.25) is 0 Å². The number of alkyl halides is 1. The summed E-state index contributed by atoms with van der Waals surface area (Å²) in [5.41, 5.74) is 2.47. The van der Waals surface area contributed by atoms with Crippen LogP contribution >= 0.6 is 20.2 Å². The Labute approximate surface area is 92.6 Å². The fraction of sp³-hybridized carbons (Fsp3) is 0.364. The summed E-state index contributed by atoms with van der Waals surface area (Å²) in [4.78, 5) is 12.9. The number of carbonyl (C=O) groups is 1. The Hall–Kier alpha value is -0.580. The maximum atomic E-state index is 10.8. The van der Waals surface area contributed by atoms with Gasteiger partial charge in [0.05, 0.1) is 0 Å². The van der Waals surface area contributed by atoms with Gasteiger partial charge in [-0.3, -0.25) is 0 Å². The minimum absolute atomic E-state index is 0.170. The van der Waals surface area contributed by atoms with Crippen LogP contribution in [0.3, 0.4) is 0 Å². The van der Waals surface area contributed by atoms with Gasteiger partial charge in [0.2, 0.25) is 0 Å². The second-order valence-corrected chi connectivity index (χ2v) is 7.38. The molecule has 78 valence electrons. The zero-order valence-electron chi connectivity index (χ0n) is 8.93. The Bertz CT molecular complexity index is 327. The summed E-state index contributed by atoms with van der Waals surface area (Å²) in [7, 11) is 0. The number of carbonyl (C=O) groups excluding carboxylic acids is 1. The molecule has 0 aliphatic carbocycles. The second kappa shape index (κ2) is 4.77. The molecule has 0 saturated carbocycles. The molecule has 0 bridgehead atoms. The summed E-state index contributed by atoms with van der Waals surface area (Å²) in [6, 6.07) is 6.35. The van der Waals surface area contributed by atoms with Crippen molar-refractivity contribution in [3.63, 3.8) is 0 Å². The van der Waals surface area contributed by atoms with Gasteiger partial charge >= 0.3 is 92.7 Å². The van der Waals surface area contributed by atoms with Crippen molar-refractivity contribution >= 4 is 26.2 Å². The molecule has 0 aliphatic heterocycles. The molecule has 1 aromatic carbocycles. The van der Waals surface area contributed by atoms with Crippen molar-refractivity contribution in [2.75, 3.05) is 4.93 Å². The van der Waals surface area contributed by atoms with Crippen LogP contribution < -0.4 is 0 Å². The third-order valence-corrected chi connectivity index (χ3v) is 5.38. The normalized spacial score (nSPS) is 11.0. The van der Waals surface area contributed by atoms with E-state index in [0.29, 0.717) is 0 Å². The van der Waals surface area contributed by atoms with Crippen LogP contribution in [-0.4, -0.2) is 10.9 Å². The average molecular weight is 306 g/mol. The molecule has 0 unspecified atom stereocenters. The Morgan fingerprint density at radius 3 is 2.14 bits per heavy atom. The van der Waals surface area contributed by atoms with E-state index in [1.54, 1.807) is 0 Å². The van der Waals surface area contributed by atoms with Gasteiger partial charge in [-0.1, -0.05) is 0 Å². The van der Waals surface area contributed by atoms with Gasteiger partial charge < -0.3 is 0 Å². The van der Waals surface area contributed by atoms with Crippen LogP contribution in [0, 0.1) is 17.4 Å². The first-order chi connectivity index (χ1) is 6.49. The molecule has 0 saturated heterocycles. The van der Waals surface area contributed by atoms with Gasteiger partial charge in [-0.05, 0) is 0 Å². The minimum atomic E-state index is -1.70. The molecule has 0 heterocycles. The molecule has 0 aromatic heterocycles. The molecule has 0 spiro atoms. The standard InChI is InChI=1S/C11H15IO2/c1-8-5-9(2)7-11(6-8)12(4)14-10(3)13/h5-7H,1-4H3. The predicted octanol–water partition coefficient (Wildman–Crippen LogP) is 3.09. The number of aryl methyl sites for hydroxylation is 2. The first-order valence-corrected chi connectivity index (χ1v) is 8.48. The van der Waals surface area contributed by atoms with Gasteiger partial charge in [0.25, 0.3) is 0 Å². The van der Waals surface area contributed by atoms with Gasteiger partial charge in [0.1, 0.15) is 0 Å². The van der Waals surface area contributed by atoms with E-state index >= 15 is 0 Å². The maximum absolute atomic E-state index is 10.8. The summed E-state index contributed by atoms with van der Waals surface area (Å²) in [6.07, 6.45) is 0. The van der Waals surface area contributed by atoms with Crippen LogP contribution in [0.5, 0.6) is 0 Å². The van der Waals surface area contributed by atoms with E-state index in [1.165, 1.54) is 21.6 Å². The number of rotatable bonds is 2. The molecule has 0 N–H and O–H groups in total. The van der Waals surface area contributed by atoms with Crippen molar-refractivity contribution in [2.24, 2.45) is 0 Å². The Balaban J connectivity index is 2.89. The molecule has 0 atom stereocenters. The SMILES string of the molecule is CC(=O)OI(C)c1cc(C)cc(C)c1. The molecule has 0 fully saturated rings. The van der Waals surface area contributed by atoms with Gasteiger partial charge in [-0.15, -0.1) is 0 Å². The first kappa shape index (κ1) is 11.5. The molecule has 1 rings (SSSR count). The zero-order valence-corrected chi connectivity index (χ0v) is 11.1. The van der Waals surface area contributed by atoms with Gasteiger partial charge in [-0.25, -0.2) is 0 Å². The molecular formula is C11H15IO2. The molecule has 0 radical (unpaired) electrons. The fourth-order valence-corrected chi connectivity index (χ4v) is 4.32. The van der Waals surface area contributed by atoms with Gasteiger partial charge in [0, 0.05) is 0 Å². The van der Waals surface area contributed by atoms with Crippen LogP contribution in [0.25, 0.3) is 0 Å². The monoisotopic (exact) mass is 306 g/mol. The van der Waals surface area contributed by atoms with Crippen molar-refractivity contribution in [1.82, 2.24) is 0 Å². The zero-order chi connectivity index (χ0) is 10.7. The number of halogens is 1. The van der Waals surface area contributed by atoms with Gasteiger partial charge in [0.15, 0.2) is 0 Å². The summed E-state index contributed by atoms with van der Waals surface area (Å²) >= 11 is -1.70. The number of hydrogen-bond acceptors (Lipinski definition) is 2. The van der Waals surface area contributed by atoms with E-state index in [0.717, 1.165) is 0 Å². The molecule has 3 heteroatoms. The average Bonchev–Trinajstić information content (AvgIpc) is 2.00. The summed E-state index contributed by atoms with van der Waals surface area (Å²) in [5, 5.41) is 0. The number of benzene rings is 1. The topological polar surface area (TPSA) is 26.3 Å². The van der Waals surface area contributed by atoms with E-state index in [4.69, 9.17) is 3.07 Å². The molecule has 2 nitrogen and oxygen atoms in total. The first-order valence-electron chi connectivity index (χ1n) is 4.36. The summed E-state index contributed by atoms with van der Waals surface area (Å²) < 4.78 is 6.47. The summed E-state index contributed by atoms with van der Waals surface area (Å²) in [6.45, 7) is 5.60. The van der Waals surface area contributed by atoms with Crippen molar-refractivity contribution < 1.29 is 7.86 Å². The third-order valence-electron chi connectivity index (χ3n) is 1.72. The second-order valence-electron chi connectivity index (χ2n) is 3.30. The van der Waals surface area contributed by atoms with Gasteiger partial charge in [-0.2, -0.15) is 0 Å². The van der Waals surface area contributed by atoms with Crippen molar-refractivity contribution in [3.05, 3.63) is 32.9 Å². The Morgan fingerprint density at radius 1 is 1.21 bits per heavy atom. The molecule has 0 aliphatic rings. The van der Waals surface area contributed by atoms with E-state index in [1.807, 2.05) is 4.93 Å². The van der Waals surface area contributed by atoms with Crippen molar-refractivity contribution in [1.29, 1.82) is 0 Å². The third kappa shape index (κ3) is 3.29. The Kier molecular flexibility index (Phi) is 3.92. The van der Waals surface area contributed by atoms with E-state index < -0.39 is 20.2 Å². The van der Waals surface area contributed by atoms with Crippen LogP contribution in [-0.2, 0) is 7.86 Å². The summed E-state index contributed by atoms with van der Waals surface area (Å²) in [5.74, 6) is -0.170. The quantitative estimate of drug-likeness (QED) is 0.620. The molecule has 1 aromatic rings.